The monoisotopic (exact) mass is 473 g/mol. The van der Waals surface area contributed by atoms with Crippen LogP contribution in [0, 0.1) is 16.0 Å². The van der Waals surface area contributed by atoms with Crippen LogP contribution in [0.4, 0.5) is 11.4 Å². The van der Waals surface area contributed by atoms with Crippen molar-refractivity contribution in [1.82, 2.24) is 4.31 Å². The molecule has 0 bridgehead atoms. The summed E-state index contributed by atoms with van der Waals surface area (Å²) >= 11 is 0. The maximum Gasteiger partial charge on any atom is 0.293 e. The molecule has 0 spiro atoms. The van der Waals surface area contributed by atoms with E-state index in [4.69, 9.17) is 0 Å². The fourth-order valence-corrected chi connectivity index (χ4v) is 6.42. The Labute approximate surface area is 195 Å². The fraction of sp³-hybridized carbons (Fsp3) is 0.500. The molecule has 33 heavy (non-hydrogen) atoms. The molecule has 1 unspecified atom stereocenters. The lowest BCUT2D eigenvalue weighted by atomic mass is 9.87. The molecule has 8 nitrogen and oxygen atoms in total. The molecule has 2 fully saturated rings. The van der Waals surface area contributed by atoms with E-state index in [0.29, 0.717) is 44.7 Å². The van der Waals surface area contributed by atoms with Crippen molar-refractivity contribution in [3.63, 3.8) is 0 Å². The molecular weight excluding hydrogens is 442 g/mol. The Morgan fingerprint density at radius 2 is 1.58 bits per heavy atom. The number of nitrogens with zero attached hydrogens (tertiary/aromatic N) is 3. The van der Waals surface area contributed by atoms with E-state index in [9.17, 15) is 23.6 Å². The van der Waals surface area contributed by atoms with Crippen molar-refractivity contribution in [2.24, 2.45) is 5.92 Å². The van der Waals surface area contributed by atoms with Gasteiger partial charge in [-0.1, -0.05) is 43.2 Å². The summed E-state index contributed by atoms with van der Waals surface area (Å²) < 4.78 is 27.7. The Kier molecular flexibility index (Phi) is 7.31. The Hall–Kier alpha value is -2.49. The van der Waals surface area contributed by atoms with Crippen LogP contribution in [0.2, 0.25) is 0 Å². The van der Waals surface area contributed by atoms with Crippen molar-refractivity contribution >= 4 is 21.4 Å². The molecule has 178 valence electrons. The van der Waals surface area contributed by atoms with Gasteiger partial charge in [-0.2, -0.15) is 4.31 Å². The third kappa shape index (κ3) is 5.20. The number of rotatable bonds is 6. The van der Waals surface area contributed by atoms with E-state index in [0.717, 1.165) is 31.2 Å². The normalized spacial score (nSPS) is 19.7. The lowest BCUT2D eigenvalue weighted by Crippen LogP contribution is -2.36. The first-order valence-electron chi connectivity index (χ1n) is 11.6. The Morgan fingerprint density at radius 3 is 2.18 bits per heavy atom. The van der Waals surface area contributed by atoms with Gasteiger partial charge in [0.25, 0.3) is 5.69 Å². The average Bonchev–Trinajstić information content (AvgIpc) is 3.14. The van der Waals surface area contributed by atoms with Gasteiger partial charge in [0.1, 0.15) is 5.69 Å². The first-order chi connectivity index (χ1) is 15.9. The van der Waals surface area contributed by atoms with Gasteiger partial charge >= 0.3 is 0 Å². The second kappa shape index (κ2) is 10.2. The second-order valence-electron chi connectivity index (χ2n) is 8.91. The number of sulfonamides is 1. The van der Waals surface area contributed by atoms with E-state index in [1.54, 1.807) is 6.07 Å². The highest BCUT2D eigenvalue weighted by molar-refractivity contribution is 7.89. The van der Waals surface area contributed by atoms with Crippen LogP contribution in [-0.2, 0) is 10.0 Å². The first kappa shape index (κ1) is 23.7. The molecule has 2 aromatic rings. The van der Waals surface area contributed by atoms with E-state index in [1.807, 2.05) is 35.2 Å². The largest absolute Gasteiger partial charge is 0.388 e. The molecule has 4 rings (SSSR count). The molecule has 2 heterocycles. The molecule has 2 aliphatic rings. The summed E-state index contributed by atoms with van der Waals surface area (Å²) in [5.41, 5.74) is 1.13. The smallest absolute Gasteiger partial charge is 0.293 e. The van der Waals surface area contributed by atoms with Crippen LogP contribution >= 0.6 is 0 Å². The lowest BCUT2D eigenvalue weighted by Gasteiger charge is -2.35. The average molecular weight is 474 g/mol. The molecule has 0 aliphatic carbocycles. The van der Waals surface area contributed by atoms with E-state index < -0.39 is 21.1 Å². The van der Waals surface area contributed by atoms with E-state index in [-0.39, 0.29) is 16.5 Å². The van der Waals surface area contributed by atoms with Crippen LogP contribution in [0.5, 0.6) is 0 Å². The number of hydrogen-bond acceptors (Lipinski definition) is 6. The number of hydrogen-bond donors (Lipinski definition) is 1. The van der Waals surface area contributed by atoms with Gasteiger partial charge < -0.3 is 10.0 Å². The van der Waals surface area contributed by atoms with Gasteiger partial charge in [0.2, 0.25) is 10.0 Å². The minimum atomic E-state index is -3.76. The summed E-state index contributed by atoms with van der Waals surface area (Å²) in [5, 5.41) is 22.6. The van der Waals surface area contributed by atoms with Crippen molar-refractivity contribution in [1.29, 1.82) is 0 Å². The standard InChI is InChI=1S/C24H31N3O5S/c28-24(19-8-4-3-5-9-19)20-12-16-25(17-13-20)22-11-10-21(18-23(22)27(29)30)33(31,32)26-14-6-1-2-7-15-26/h3-5,8-11,18,20,24,28H,1-2,6-7,12-17H2. The number of nitro groups is 1. The zero-order valence-electron chi connectivity index (χ0n) is 18.7. The topological polar surface area (TPSA) is 104 Å². The molecule has 0 aromatic heterocycles. The summed E-state index contributed by atoms with van der Waals surface area (Å²) in [7, 11) is -3.76. The number of aliphatic hydroxyl groups excluding tert-OH is 1. The first-order valence-corrected chi connectivity index (χ1v) is 13.1. The Morgan fingerprint density at radius 1 is 0.939 bits per heavy atom. The molecule has 1 N–H and O–H groups in total. The third-order valence-electron chi connectivity index (χ3n) is 6.81. The summed E-state index contributed by atoms with van der Waals surface area (Å²) in [6.07, 6.45) is 4.44. The predicted molar refractivity (Wildman–Crippen MR) is 127 cm³/mol. The van der Waals surface area contributed by atoms with E-state index >= 15 is 0 Å². The van der Waals surface area contributed by atoms with Gasteiger partial charge in [0, 0.05) is 32.2 Å². The van der Waals surface area contributed by atoms with Crippen molar-refractivity contribution in [3.05, 3.63) is 64.2 Å². The predicted octanol–water partition coefficient (Wildman–Crippen LogP) is 4.11. The van der Waals surface area contributed by atoms with Gasteiger partial charge in [-0.25, -0.2) is 8.42 Å². The number of aliphatic hydroxyl groups is 1. The van der Waals surface area contributed by atoms with Crippen LogP contribution in [0.15, 0.2) is 53.4 Å². The molecule has 2 aromatic carbocycles. The van der Waals surface area contributed by atoms with Gasteiger partial charge in [0.05, 0.1) is 15.9 Å². The van der Waals surface area contributed by atoms with Crippen LogP contribution < -0.4 is 4.90 Å². The Balaban J connectivity index is 1.51. The zero-order valence-corrected chi connectivity index (χ0v) is 19.5. The van der Waals surface area contributed by atoms with Gasteiger partial charge in [-0.15, -0.1) is 0 Å². The van der Waals surface area contributed by atoms with Crippen LogP contribution in [0.1, 0.15) is 50.2 Å². The zero-order chi connectivity index (χ0) is 23.4. The number of nitro benzene ring substituents is 1. The molecule has 9 heteroatoms. The quantitative estimate of drug-likeness (QED) is 0.500. The highest BCUT2D eigenvalue weighted by Gasteiger charge is 2.32. The van der Waals surface area contributed by atoms with Crippen molar-refractivity contribution in [3.8, 4) is 0 Å². The maximum atomic E-state index is 13.1. The minimum absolute atomic E-state index is 0.0192. The summed E-state index contributed by atoms with van der Waals surface area (Å²) in [5.74, 6) is 0.0744. The maximum absolute atomic E-state index is 13.1. The number of benzene rings is 2. The molecule has 2 saturated heterocycles. The van der Waals surface area contributed by atoms with Crippen molar-refractivity contribution < 1.29 is 18.4 Å². The number of piperidine rings is 1. The molecule has 0 saturated carbocycles. The summed E-state index contributed by atoms with van der Waals surface area (Å²) in [4.78, 5) is 13.3. The Bertz CT molecular complexity index is 1060. The molecular formula is C24H31N3O5S. The molecule has 2 aliphatic heterocycles. The van der Waals surface area contributed by atoms with Crippen LogP contribution in [0.3, 0.4) is 0 Å². The SMILES string of the molecule is O=[N+]([O-])c1cc(S(=O)(=O)N2CCCCCC2)ccc1N1CCC(C(O)c2ccccc2)CC1. The molecule has 0 amide bonds. The van der Waals surface area contributed by atoms with E-state index in [2.05, 4.69) is 0 Å². The number of anilines is 1. The summed E-state index contributed by atoms with van der Waals surface area (Å²) in [6, 6.07) is 13.8. The van der Waals surface area contributed by atoms with Crippen molar-refractivity contribution in [2.75, 3.05) is 31.1 Å². The van der Waals surface area contributed by atoms with Crippen LogP contribution in [0.25, 0.3) is 0 Å². The minimum Gasteiger partial charge on any atom is -0.388 e. The highest BCUT2D eigenvalue weighted by atomic mass is 32.2. The van der Waals surface area contributed by atoms with Crippen LogP contribution in [-0.4, -0.2) is 48.9 Å². The molecule has 1 atom stereocenters. The summed E-state index contributed by atoms with van der Waals surface area (Å²) in [6.45, 7) is 2.03. The van der Waals surface area contributed by atoms with Crippen molar-refractivity contribution in [2.45, 2.75) is 49.5 Å². The van der Waals surface area contributed by atoms with Gasteiger partial charge in [-0.05, 0) is 49.3 Å². The van der Waals surface area contributed by atoms with Gasteiger partial charge in [0.15, 0.2) is 0 Å². The molecule has 0 radical (unpaired) electrons. The third-order valence-corrected chi connectivity index (χ3v) is 8.71. The lowest BCUT2D eigenvalue weighted by molar-refractivity contribution is -0.384. The highest BCUT2D eigenvalue weighted by Crippen LogP contribution is 2.37. The second-order valence-corrected chi connectivity index (χ2v) is 10.8. The fourth-order valence-electron chi connectivity index (χ4n) is 4.89. The van der Waals surface area contributed by atoms with E-state index in [1.165, 1.54) is 16.4 Å². The van der Waals surface area contributed by atoms with Gasteiger partial charge in [-0.3, -0.25) is 10.1 Å².